The number of ether oxygens (including phenoxy) is 1. The zero-order valence-electron chi connectivity index (χ0n) is 13.5. The van der Waals surface area contributed by atoms with E-state index in [0.717, 1.165) is 32.1 Å². The van der Waals surface area contributed by atoms with Crippen molar-refractivity contribution >= 4 is 11.9 Å². The van der Waals surface area contributed by atoms with E-state index in [1.54, 1.807) is 0 Å². The molecule has 5 heteroatoms. The van der Waals surface area contributed by atoms with Crippen molar-refractivity contribution in [2.75, 3.05) is 7.11 Å². The maximum atomic E-state index is 12.9. The van der Waals surface area contributed by atoms with Gasteiger partial charge in [-0.25, -0.2) is 9.18 Å². The molecule has 1 atom stereocenters. The molecule has 0 aromatic heterocycles. The number of carbonyl (C=O) groups excluding carboxylic acids is 2. The minimum Gasteiger partial charge on any atom is -0.467 e. The smallest absolute Gasteiger partial charge is 0.328 e. The van der Waals surface area contributed by atoms with Gasteiger partial charge in [-0.15, -0.1) is 6.58 Å². The van der Waals surface area contributed by atoms with Crippen LogP contribution < -0.4 is 5.32 Å². The summed E-state index contributed by atoms with van der Waals surface area (Å²) in [7, 11) is 1.30. The molecule has 1 rings (SSSR count). The SMILES string of the molecule is C=CCCCCCC[C@@H](NC(=O)c1ccc(F)cc1)C(=O)OC. The van der Waals surface area contributed by atoms with E-state index in [1.165, 1.54) is 31.4 Å². The summed E-state index contributed by atoms with van der Waals surface area (Å²) in [6.45, 7) is 3.68. The highest BCUT2D eigenvalue weighted by atomic mass is 19.1. The van der Waals surface area contributed by atoms with Gasteiger partial charge >= 0.3 is 5.97 Å². The van der Waals surface area contributed by atoms with E-state index in [0.29, 0.717) is 12.0 Å². The predicted octanol–water partition coefficient (Wildman–Crippen LogP) is 3.62. The quantitative estimate of drug-likeness (QED) is 0.407. The van der Waals surface area contributed by atoms with Crippen molar-refractivity contribution in [1.82, 2.24) is 5.32 Å². The number of rotatable bonds is 10. The van der Waals surface area contributed by atoms with Gasteiger partial charge in [-0.3, -0.25) is 4.79 Å². The highest BCUT2D eigenvalue weighted by molar-refractivity contribution is 5.96. The lowest BCUT2D eigenvalue weighted by molar-refractivity contribution is -0.143. The molecule has 0 bridgehead atoms. The van der Waals surface area contributed by atoms with Crippen molar-refractivity contribution in [3.63, 3.8) is 0 Å². The molecule has 0 unspecified atom stereocenters. The van der Waals surface area contributed by atoms with Gasteiger partial charge in [-0.05, 0) is 43.5 Å². The second-order valence-electron chi connectivity index (χ2n) is 5.34. The van der Waals surface area contributed by atoms with Crippen molar-refractivity contribution < 1.29 is 18.7 Å². The number of hydrogen-bond donors (Lipinski definition) is 1. The van der Waals surface area contributed by atoms with E-state index < -0.39 is 23.7 Å². The molecule has 0 aliphatic rings. The molecule has 1 amide bonds. The molecular weight excluding hydrogens is 297 g/mol. The van der Waals surface area contributed by atoms with Crippen molar-refractivity contribution in [3.05, 3.63) is 48.3 Å². The van der Waals surface area contributed by atoms with Crippen molar-refractivity contribution in [2.45, 2.75) is 44.6 Å². The molecule has 0 spiro atoms. The summed E-state index contributed by atoms with van der Waals surface area (Å²) in [5.74, 6) is -1.29. The largest absolute Gasteiger partial charge is 0.467 e. The molecule has 23 heavy (non-hydrogen) atoms. The van der Waals surface area contributed by atoms with Gasteiger partial charge in [-0.2, -0.15) is 0 Å². The Labute approximate surface area is 136 Å². The van der Waals surface area contributed by atoms with Crippen LogP contribution >= 0.6 is 0 Å². The van der Waals surface area contributed by atoms with E-state index in [-0.39, 0.29) is 0 Å². The maximum absolute atomic E-state index is 12.9. The van der Waals surface area contributed by atoms with E-state index in [2.05, 4.69) is 11.9 Å². The normalized spacial score (nSPS) is 11.6. The molecule has 126 valence electrons. The van der Waals surface area contributed by atoms with Gasteiger partial charge in [0.15, 0.2) is 0 Å². The predicted molar refractivity (Wildman–Crippen MR) is 87.6 cm³/mol. The average Bonchev–Trinajstić information content (AvgIpc) is 2.56. The monoisotopic (exact) mass is 321 g/mol. The first-order valence-corrected chi connectivity index (χ1v) is 7.83. The minimum atomic E-state index is -0.683. The Morgan fingerprint density at radius 3 is 2.48 bits per heavy atom. The summed E-state index contributed by atoms with van der Waals surface area (Å²) in [5.41, 5.74) is 0.311. The highest BCUT2D eigenvalue weighted by Crippen LogP contribution is 2.10. The topological polar surface area (TPSA) is 55.4 Å². The molecule has 1 N–H and O–H groups in total. The molecule has 0 saturated heterocycles. The molecule has 1 aromatic carbocycles. The van der Waals surface area contributed by atoms with Crippen molar-refractivity contribution in [1.29, 1.82) is 0 Å². The van der Waals surface area contributed by atoms with E-state index >= 15 is 0 Å². The van der Waals surface area contributed by atoms with Gasteiger partial charge in [0, 0.05) is 5.56 Å². The molecule has 0 heterocycles. The summed E-state index contributed by atoms with van der Waals surface area (Å²) in [6, 6.07) is 4.50. The standard InChI is InChI=1S/C18H24FNO3/c1-3-4-5-6-7-8-9-16(18(22)23-2)20-17(21)14-10-12-15(19)13-11-14/h3,10-13,16H,1,4-9H2,2H3,(H,20,21)/t16-/m1/s1. The Morgan fingerprint density at radius 2 is 1.87 bits per heavy atom. The van der Waals surface area contributed by atoms with Crippen LogP contribution in [0.2, 0.25) is 0 Å². The first kappa shape index (κ1) is 18.9. The third-order valence-corrected chi connectivity index (χ3v) is 3.55. The number of amides is 1. The lowest BCUT2D eigenvalue weighted by atomic mass is 10.1. The Hall–Kier alpha value is -2.17. The Bertz CT molecular complexity index is 514. The van der Waals surface area contributed by atoms with Gasteiger partial charge in [0.1, 0.15) is 11.9 Å². The highest BCUT2D eigenvalue weighted by Gasteiger charge is 2.21. The Morgan fingerprint density at radius 1 is 1.22 bits per heavy atom. The fraction of sp³-hybridized carbons (Fsp3) is 0.444. The molecule has 0 aliphatic heterocycles. The number of methoxy groups -OCH3 is 1. The Kier molecular flexibility index (Phi) is 8.65. The van der Waals surface area contributed by atoms with Crippen LogP contribution in [0.3, 0.4) is 0 Å². The molecular formula is C18H24FNO3. The van der Waals surface area contributed by atoms with Gasteiger partial charge in [-0.1, -0.05) is 25.3 Å². The molecule has 0 fully saturated rings. The maximum Gasteiger partial charge on any atom is 0.328 e. The van der Waals surface area contributed by atoms with Crippen LogP contribution in [0.25, 0.3) is 0 Å². The van der Waals surface area contributed by atoms with Crippen LogP contribution in [0.5, 0.6) is 0 Å². The van der Waals surface area contributed by atoms with Gasteiger partial charge in [0.05, 0.1) is 7.11 Å². The number of allylic oxidation sites excluding steroid dienone is 1. The second-order valence-corrected chi connectivity index (χ2v) is 5.34. The Balaban J connectivity index is 2.50. The average molecular weight is 321 g/mol. The number of nitrogens with one attached hydrogen (secondary N) is 1. The fourth-order valence-corrected chi connectivity index (χ4v) is 2.22. The minimum absolute atomic E-state index is 0.311. The summed E-state index contributed by atoms with van der Waals surface area (Å²) in [5, 5.41) is 2.65. The van der Waals surface area contributed by atoms with Crippen LogP contribution in [0.1, 0.15) is 48.9 Å². The van der Waals surface area contributed by atoms with Crippen LogP contribution in [-0.4, -0.2) is 25.0 Å². The van der Waals surface area contributed by atoms with Crippen molar-refractivity contribution in [3.8, 4) is 0 Å². The summed E-state index contributed by atoms with van der Waals surface area (Å²) in [6.07, 6.45) is 7.34. The zero-order valence-corrected chi connectivity index (χ0v) is 13.5. The summed E-state index contributed by atoms with van der Waals surface area (Å²) < 4.78 is 17.6. The number of carbonyl (C=O) groups is 2. The summed E-state index contributed by atoms with van der Waals surface area (Å²) >= 11 is 0. The van der Waals surface area contributed by atoms with Crippen molar-refractivity contribution in [2.24, 2.45) is 0 Å². The summed E-state index contributed by atoms with van der Waals surface area (Å²) in [4.78, 5) is 23.9. The number of benzene rings is 1. The number of halogens is 1. The third kappa shape index (κ3) is 7.08. The molecule has 0 radical (unpaired) electrons. The molecule has 0 saturated carbocycles. The van der Waals surface area contributed by atoms with Gasteiger partial charge in [0.25, 0.3) is 5.91 Å². The molecule has 1 aromatic rings. The lowest BCUT2D eigenvalue weighted by Crippen LogP contribution is -2.41. The van der Waals surface area contributed by atoms with Gasteiger partial charge in [0.2, 0.25) is 0 Å². The van der Waals surface area contributed by atoms with Crippen LogP contribution in [0, 0.1) is 5.82 Å². The van der Waals surface area contributed by atoms with E-state index in [4.69, 9.17) is 4.74 Å². The molecule has 4 nitrogen and oxygen atoms in total. The molecule has 0 aliphatic carbocycles. The number of unbranched alkanes of at least 4 members (excludes halogenated alkanes) is 4. The van der Waals surface area contributed by atoms with Crippen LogP contribution in [-0.2, 0) is 9.53 Å². The van der Waals surface area contributed by atoms with Gasteiger partial charge < -0.3 is 10.1 Å². The third-order valence-electron chi connectivity index (χ3n) is 3.55. The van der Waals surface area contributed by atoms with Crippen LogP contribution in [0.15, 0.2) is 36.9 Å². The fourth-order valence-electron chi connectivity index (χ4n) is 2.22. The van der Waals surface area contributed by atoms with E-state index in [9.17, 15) is 14.0 Å². The zero-order chi connectivity index (χ0) is 17.1. The lowest BCUT2D eigenvalue weighted by Gasteiger charge is -2.16. The number of hydrogen-bond acceptors (Lipinski definition) is 3. The van der Waals surface area contributed by atoms with E-state index in [1.807, 2.05) is 6.08 Å². The number of esters is 1. The second kappa shape index (κ2) is 10.5. The van der Waals surface area contributed by atoms with Crippen LogP contribution in [0.4, 0.5) is 4.39 Å². The first-order valence-electron chi connectivity index (χ1n) is 7.83. The first-order chi connectivity index (χ1) is 11.1.